The number of aryl methyl sites for hydroxylation is 1. The monoisotopic (exact) mass is 282 g/mol. The molecular weight excluding hydrogens is 260 g/mol. The van der Waals surface area contributed by atoms with E-state index in [0.717, 1.165) is 17.7 Å². The van der Waals surface area contributed by atoms with Crippen LogP contribution in [0.5, 0.6) is 0 Å². The Morgan fingerprint density at radius 1 is 1.47 bits per heavy atom. The highest BCUT2D eigenvalue weighted by molar-refractivity contribution is 7.85. The molecular formula is C14H22N2O2S. The first-order valence-electron chi connectivity index (χ1n) is 6.47. The summed E-state index contributed by atoms with van der Waals surface area (Å²) in [6.45, 7) is 5.84. The van der Waals surface area contributed by atoms with Gasteiger partial charge < -0.3 is 11.1 Å². The van der Waals surface area contributed by atoms with Gasteiger partial charge in [-0.05, 0) is 37.1 Å². The average molecular weight is 282 g/mol. The minimum atomic E-state index is -0.933. The van der Waals surface area contributed by atoms with Crippen LogP contribution in [0.1, 0.15) is 32.3 Å². The Bertz CT molecular complexity index is 475. The van der Waals surface area contributed by atoms with Gasteiger partial charge in [-0.2, -0.15) is 0 Å². The maximum atomic E-state index is 11.8. The van der Waals surface area contributed by atoms with E-state index in [4.69, 9.17) is 5.73 Å². The third-order valence-electron chi connectivity index (χ3n) is 3.08. The lowest BCUT2D eigenvalue weighted by molar-refractivity contribution is -0.115. The molecule has 0 aliphatic carbocycles. The summed E-state index contributed by atoms with van der Waals surface area (Å²) in [7, 11) is -0.933. The molecule has 1 amide bonds. The van der Waals surface area contributed by atoms with Crippen LogP contribution < -0.4 is 11.1 Å². The molecule has 19 heavy (non-hydrogen) atoms. The third-order valence-corrected chi connectivity index (χ3v) is 4.92. The van der Waals surface area contributed by atoms with Gasteiger partial charge in [0.25, 0.3) is 0 Å². The SMILES string of the molecule is CCC(C)S(=O)CCC(=O)Nc1ccc(N)cc1C. The Morgan fingerprint density at radius 2 is 2.16 bits per heavy atom. The first-order chi connectivity index (χ1) is 8.93. The molecule has 5 heteroatoms. The molecule has 3 N–H and O–H groups in total. The van der Waals surface area contributed by atoms with Crippen molar-refractivity contribution < 1.29 is 9.00 Å². The largest absolute Gasteiger partial charge is 0.399 e. The number of benzene rings is 1. The minimum absolute atomic E-state index is 0.107. The fourth-order valence-electron chi connectivity index (χ4n) is 1.62. The highest BCUT2D eigenvalue weighted by atomic mass is 32.2. The molecule has 2 atom stereocenters. The predicted molar refractivity (Wildman–Crippen MR) is 81.6 cm³/mol. The van der Waals surface area contributed by atoms with Gasteiger partial charge in [0.05, 0.1) is 0 Å². The smallest absolute Gasteiger partial charge is 0.225 e. The molecule has 0 aliphatic heterocycles. The van der Waals surface area contributed by atoms with E-state index in [0.29, 0.717) is 11.4 Å². The molecule has 0 fully saturated rings. The summed E-state index contributed by atoms with van der Waals surface area (Å²) in [5.41, 5.74) is 8.01. The number of nitrogens with two attached hydrogens (primary N) is 1. The molecule has 0 radical (unpaired) electrons. The maximum Gasteiger partial charge on any atom is 0.225 e. The molecule has 106 valence electrons. The summed E-state index contributed by atoms with van der Waals surface area (Å²) in [5, 5.41) is 2.97. The fraction of sp³-hybridized carbons (Fsp3) is 0.500. The number of rotatable bonds is 6. The molecule has 2 unspecified atom stereocenters. The molecule has 1 rings (SSSR count). The van der Waals surface area contributed by atoms with Gasteiger partial charge in [-0.15, -0.1) is 0 Å². The van der Waals surface area contributed by atoms with Crippen molar-refractivity contribution in [2.75, 3.05) is 16.8 Å². The van der Waals surface area contributed by atoms with Crippen molar-refractivity contribution in [3.8, 4) is 0 Å². The van der Waals surface area contributed by atoms with Gasteiger partial charge in [0.15, 0.2) is 0 Å². The fourth-order valence-corrected chi connectivity index (χ4v) is 2.78. The lowest BCUT2D eigenvalue weighted by Gasteiger charge is -2.10. The normalized spacial score (nSPS) is 13.8. The van der Waals surface area contributed by atoms with Crippen LogP contribution >= 0.6 is 0 Å². The molecule has 0 saturated carbocycles. The van der Waals surface area contributed by atoms with E-state index in [1.807, 2.05) is 26.8 Å². The van der Waals surface area contributed by atoms with Gasteiger partial charge in [-0.1, -0.05) is 13.8 Å². The Balaban J connectivity index is 2.49. The lowest BCUT2D eigenvalue weighted by Crippen LogP contribution is -2.19. The van der Waals surface area contributed by atoms with Crippen molar-refractivity contribution in [1.29, 1.82) is 0 Å². The standard InChI is InChI=1S/C14H22N2O2S/c1-4-11(3)19(18)8-7-14(17)16-13-6-5-12(15)9-10(13)2/h5-6,9,11H,4,7-8,15H2,1-3H3,(H,16,17). The van der Waals surface area contributed by atoms with Crippen molar-refractivity contribution >= 4 is 28.1 Å². The first kappa shape index (κ1) is 15.7. The quantitative estimate of drug-likeness (QED) is 0.787. The first-order valence-corrected chi connectivity index (χ1v) is 7.85. The molecule has 0 saturated heterocycles. The van der Waals surface area contributed by atoms with Crippen LogP contribution in [-0.2, 0) is 15.6 Å². The van der Waals surface area contributed by atoms with Crippen LogP contribution in [-0.4, -0.2) is 21.1 Å². The number of hydrogen-bond acceptors (Lipinski definition) is 3. The number of amides is 1. The Labute approximate surface area is 117 Å². The highest BCUT2D eigenvalue weighted by Crippen LogP contribution is 2.17. The second kappa shape index (κ2) is 7.28. The Morgan fingerprint density at radius 3 is 2.74 bits per heavy atom. The van der Waals surface area contributed by atoms with Crippen molar-refractivity contribution in [1.82, 2.24) is 0 Å². The second-order valence-electron chi connectivity index (χ2n) is 4.68. The molecule has 0 aliphatic rings. The number of nitrogen functional groups attached to an aromatic ring is 1. The summed E-state index contributed by atoms with van der Waals surface area (Å²) in [6, 6.07) is 5.35. The van der Waals surface area contributed by atoms with Gasteiger partial charge in [-0.3, -0.25) is 9.00 Å². The van der Waals surface area contributed by atoms with Crippen molar-refractivity contribution in [2.45, 2.75) is 38.9 Å². The molecule has 0 heterocycles. The summed E-state index contributed by atoms with van der Waals surface area (Å²) in [5.74, 6) is 0.305. The topological polar surface area (TPSA) is 72.2 Å². The average Bonchev–Trinajstić information content (AvgIpc) is 2.38. The third kappa shape index (κ3) is 5.03. The van der Waals surface area contributed by atoms with Gasteiger partial charge in [0, 0.05) is 39.6 Å². The van der Waals surface area contributed by atoms with E-state index in [2.05, 4.69) is 5.32 Å². The summed E-state index contributed by atoms with van der Waals surface area (Å²) in [6.07, 6.45) is 1.14. The van der Waals surface area contributed by atoms with Crippen LogP contribution in [0.3, 0.4) is 0 Å². The maximum absolute atomic E-state index is 11.8. The van der Waals surface area contributed by atoms with Gasteiger partial charge in [-0.25, -0.2) is 0 Å². The number of nitrogens with one attached hydrogen (secondary N) is 1. The molecule has 0 aromatic heterocycles. The number of carbonyl (C=O) groups is 1. The van der Waals surface area contributed by atoms with Crippen LogP contribution in [0, 0.1) is 6.92 Å². The van der Waals surface area contributed by atoms with Crippen LogP contribution in [0.4, 0.5) is 11.4 Å². The summed E-state index contributed by atoms with van der Waals surface area (Å²) < 4.78 is 11.8. The predicted octanol–water partition coefficient (Wildman–Crippen LogP) is 2.45. The van der Waals surface area contributed by atoms with Crippen LogP contribution in [0.2, 0.25) is 0 Å². The highest BCUT2D eigenvalue weighted by Gasteiger charge is 2.11. The van der Waals surface area contributed by atoms with Gasteiger partial charge in [0.1, 0.15) is 0 Å². The second-order valence-corrected chi connectivity index (χ2v) is 6.65. The molecule has 1 aromatic rings. The van der Waals surface area contributed by atoms with Crippen molar-refractivity contribution in [2.24, 2.45) is 0 Å². The molecule has 1 aromatic carbocycles. The van der Waals surface area contributed by atoms with Crippen LogP contribution in [0.15, 0.2) is 18.2 Å². The molecule has 0 bridgehead atoms. The number of hydrogen-bond donors (Lipinski definition) is 2. The van der Waals surface area contributed by atoms with E-state index in [1.54, 1.807) is 12.1 Å². The summed E-state index contributed by atoms with van der Waals surface area (Å²) in [4.78, 5) is 11.8. The summed E-state index contributed by atoms with van der Waals surface area (Å²) >= 11 is 0. The van der Waals surface area contributed by atoms with Crippen molar-refractivity contribution in [3.63, 3.8) is 0 Å². The van der Waals surface area contributed by atoms with E-state index < -0.39 is 10.8 Å². The van der Waals surface area contributed by atoms with E-state index in [9.17, 15) is 9.00 Å². The van der Waals surface area contributed by atoms with E-state index >= 15 is 0 Å². The minimum Gasteiger partial charge on any atom is -0.399 e. The number of carbonyl (C=O) groups excluding carboxylic acids is 1. The molecule has 4 nitrogen and oxygen atoms in total. The van der Waals surface area contributed by atoms with Gasteiger partial charge in [0.2, 0.25) is 5.91 Å². The zero-order valence-corrected chi connectivity index (χ0v) is 12.5. The molecule has 0 spiro atoms. The number of anilines is 2. The zero-order valence-electron chi connectivity index (χ0n) is 11.7. The van der Waals surface area contributed by atoms with Crippen molar-refractivity contribution in [3.05, 3.63) is 23.8 Å². The Hall–Kier alpha value is -1.36. The Kier molecular flexibility index (Phi) is 6.02. The lowest BCUT2D eigenvalue weighted by atomic mass is 10.2. The van der Waals surface area contributed by atoms with Gasteiger partial charge >= 0.3 is 0 Å². The van der Waals surface area contributed by atoms with Crippen LogP contribution in [0.25, 0.3) is 0 Å². The zero-order chi connectivity index (χ0) is 14.4. The van der Waals surface area contributed by atoms with E-state index in [-0.39, 0.29) is 17.6 Å². The van der Waals surface area contributed by atoms with E-state index in [1.165, 1.54) is 0 Å².